The zero-order valence-corrected chi connectivity index (χ0v) is 7.82. The molecule has 1 atom stereocenters. The van der Waals surface area contributed by atoms with E-state index in [0.29, 0.717) is 6.61 Å². The van der Waals surface area contributed by atoms with Gasteiger partial charge in [0.05, 0.1) is 13.2 Å². The molecule has 0 bridgehead atoms. The molecule has 74 valence electrons. The van der Waals surface area contributed by atoms with Crippen LogP contribution in [0.4, 0.5) is 4.79 Å². The van der Waals surface area contributed by atoms with Gasteiger partial charge in [0.1, 0.15) is 12.4 Å². The number of ether oxygens (including phenoxy) is 2. The second-order valence-electron chi connectivity index (χ2n) is 3.07. The molecular formula is C10H11NO3. The van der Waals surface area contributed by atoms with Crippen LogP contribution in [0.25, 0.3) is 0 Å². The van der Waals surface area contributed by atoms with Crippen LogP contribution in [0.5, 0.6) is 5.75 Å². The molecule has 1 aliphatic heterocycles. The predicted molar refractivity (Wildman–Crippen MR) is 50.2 cm³/mol. The van der Waals surface area contributed by atoms with Crippen LogP contribution in [-0.2, 0) is 4.74 Å². The number of alkyl carbamates (subject to hydrolysis) is 1. The van der Waals surface area contributed by atoms with Crippen molar-refractivity contribution in [3.63, 3.8) is 0 Å². The number of rotatable bonds is 2. The minimum Gasteiger partial charge on any atom is -0.497 e. The molecule has 1 saturated heterocycles. The fourth-order valence-electron chi connectivity index (χ4n) is 1.40. The first kappa shape index (κ1) is 8.87. The maximum atomic E-state index is 10.8. The third-order valence-corrected chi connectivity index (χ3v) is 2.19. The summed E-state index contributed by atoms with van der Waals surface area (Å²) in [5.41, 5.74) is 1.02. The van der Waals surface area contributed by atoms with Crippen molar-refractivity contribution in [3.05, 3.63) is 29.8 Å². The molecule has 1 aliphatic rings. The van der Waals surface area contributed by atoms with Gasteiger partial charge in [-0.2, -0.15) is 0 Å². The van der Waals surface area contributed by atoms with Gasteiger partial charge in [0, 0.05) is 0 Å². The average Bonchev–Trinajstić information content (AvgIpc) is 2.65. The maximum Gasteiger partial charge on any atom is 0.407 e. The highest BCUT2D eigenvalue weighted by Crippen LogP contribution is 2.20. The Morgan fingerprint density at radius 2 is 2.14 bits per heavy atom. The summed E-state index contributed by atoms with van der Waals surface area (Å²) in [4.78, 5) is 10.8. The van der Waals surface area contributed by atoms with Gasteiger partial charge >= 0.3 is 6.09 Å². The SMILES string of the molecule is COc1ccc(C2COC(=O)N2)cc1. The molecule has 0 saturated carbocycles. The fourth-order valence-corrected chi connectivity index (χ4v) is 1.40. The fraction of sp³-hybridized carbons (Fsp3) is 0.300. The van der Waals surface area contributed by atoms with Gasteiger partial charge in [0.15, 0.2) is 0 Å². The van der Waals surface area contributed by atoms with Crippen molar-refractivity contribution in [2.45, 2.75) is 6.04 Å². The van der Waals surface area contributed by atoms with Gasteiger partial charge in [-0.05, 0) is 17.7 Å². The van der Waals surface area contributed by atoms with Gasteiger partial charge in [-0.3, -0.25) is 0 Å². The molecule has 0 aromatic heterocycles. The molecule has 1 unspecified atom stereocenters. The summed E-state index contributed by atoms with van der Waals surface area (Å²) in [6.45, 7) is 0.394. The molecule has 1 aromatic carbocycles. The van der Waals surface area contributed by atoms with Gasteiger partial charge < -0.3 is 14.8 Å². The lowest BCUT2D eigenvalue weighted by atomic mass is 10.1. The Bertz CT molecular complexity index is 334. The molecule has 1 aromatic rings. The lowest BCUT2D eigenvalue weighted by Gasteiger charge is -2.07. The van der Waals surface area contributed by atoms with Crippen LogP contribution < -0.4 is 10.1 Å². The van der Waals surface area contributed by atoms with Gasteiger partial charge in [-0.1, -0.05) is 12.1 Å². The standard InChI is InChI=1S/C10H11NO3/c1-13-8-4-2-7(3-5-8)9-6-14-10(12)11-9/h2-5,9H,6H2,1H3,(H,11,12). The number of hydrogen-bond acceptors (Lipinski definition) is 3. The van der Waals surface area contributed by atoms with E-state index in [1.165, 1.54) is 0 Å². The predicted octanol–water partition coefficient (Wildman–Crippen LogP) is 1.48. The number of cyclic esters (lactones) is 1. The number of carbonyl (C=O) groups is 1. The first-order valence-electron chi connectivity index (χ1n) is 4.37. The van der Waals surface area contributed by atoms with Crippen molar-refractivity contribution in [3.8, 4) is 5.75 Å². The van der Waals surface area contributed by atoms with E-state index >= 15 is 0 Å². The van der Waals surface area contributed by atoms with E-state index in [4.69, 9.17) is 9.47 Å². The average molecular weight is 193 g/mol. The topological polar surface area (TPSA) is 47.6 Å². The number of benzene rings is 1. The van der Waals surface area contributed by atoms with E-state index in [0.717, 1.165) is 11.3 Å². The molecule has 0 spiro atoms. The number of hydrogen-bond donors (Lipinski definition) is 1. The summed E-state index contributed by atoms with van der Waals surface area (Å²) in [6.07, 6.45) is -0.356. The summed E-state index contributed by atoms with van der Waals surface area (Å²) < 4.78 is 9.83. The van der Waals surface area contributed by atoms with Crippen LogP contribution in [0.1, 0.15) is 11.6 Å². The zero-order chi connectivity index (χ0) is 9.97. The lowest BCUT2D eigenvalue weighted by Crippen LogP contribution is -2.18. The summed E-state index contributed by atoms with van der Waals surface area (Å²) in [7, 11) is 1.62. The molecule has 0 radical (unpaired) electrons. The van der Waals surface area contributed by atoms with Crippen LogP contribution in [0.15, 0.2) is 24.3 Å². The van der Waals surface area contributed by atoms with Crippen LogP contribution in [0.2, 0.25) is 0 Å². The zero-order valence-electron chi connectivity index (χ0n) is 7.82. The van der Waals surface area contributed by atoms with Crippen molar-refractivity contribution < 1.29 is 14.3 Å². The quantitative estimate of drug-likeness (QED) is 0.773. The van der Waals surface area contributed by atoms with E-state index in [2.05, 4.69) is 5.32 Å². The number of amides is 1. The van der Waals surface area contributed by atoms with Crippen LogP contribution >= 0.6 is 0 Å². The molecular weight excluding hydrogens is 182 g/mol. The van der Waals surface area contributed by atoms with Crippen LogP contribution in [0, 0.1) is 0 Å². The Hall–Kier alpha value is -1.71. The molecule has 1 N–H and O–H groups in total. The Kier molecular flexibility index (Phi) is 2.26. The third kappa shape index (κ3) is 1.64. The molecule has 1 fully saturated rings. The highest BCUT2D eigenvalue weighted by molar-refractivity contribution is 5.70. The van der Waals surface area contributed by atoms with Crippen molar-refractivity contribution in [1.82, 2.24) is 5.32 Å². The van der Waals surface area contributed by atoms with E-state index in [-0.39, 0.29) is 12.1 Å². The molecule has 2 rings (SSSR count). The first-order chi connectivity index (χ1) is 6.79. The second kappa shape index (κ2) is 3.57. The van der Waals surface area contributed by atoms with E-state index in [1.54, 1.807) is 7.11 Å². The normalized spacial score (nSPS) is 20.1. The largest absolute Gasteiger partial charge is 0.497 e. The monoisotopic (exact) mass is 193 g/mol. The molecule has 4 heteroatoms. The van der Waals surface area contributed by atoms with Crippen molar-refractivity contribution >= 4 is 6.09 Å². The first-order valence-corrected chi connectivity index (χ1v) is 4.37. The Labute approximate surface area is 81.8 Å². The minimum atomic E-state index is -0.356. The maximum absolute atomic E-state index is 10.8. The van der Waals surface area contributed by atoms with Crippen molar-refractivity contribution in [2.24, 2.45) is 0 Å². The second-order valence-corrected chi connectivity index (χ2v) is 3.07. The van der Waals surface area contributed by atoms with Crippen molar-refractivity contribution in [1.29, 1.82) is 0 Å². The van der Waals surface area contributed by atoms with Gasteiger partial charge in [-0.15, -0.1) is 0 Å². The molecule has 1 amide bonds. The lowest BCUT2D eigenvalue weighted by molar-refractivity contribution is 0.177. The molecule has 4 nitrogen and oxygen atoms in total. The Morgan fingerprint density at radius 1 is 1.43 bits per heavy atom. The van der Waals surface area contributed by atoms with E-state index in [9.17, 15) is 4.79 Å². The minimum absolute atomic E-state index is 0.0339. The summed E-state index contributed by atoms with van der Waals surface area (Å²) in [6, 6.07) is 7.52. The van der Waals surface area contributed by atoms with Gasteiger partial charge in [-0.25, -0.2) is 4.79 Å². The Morgan fingerprint density at radius 3 is 2.64 bits per heavy atom. The molecule has 1 heterocycles. The molecule has 14 heavy (non-hydrogen) atoms. The number of nitrogens with one attached hydrogen (secondary N) is 1. The summed E-state index contributed by atoms with van der Waals surface area (Å²) in [5, 5.41) is 2.71. The smallest absolute Gasteiger partial charge is 0.407 e. The van der Waals surface area contributed by atoms with Gasteiger partial charge in [0.25, 0.3) is 0 Å². The van der Waals surface area contributed by atoms with E-state index in [1.807, 2.05) is 24.3 Å². The van der Waals surface area contributed by atoms with Gasteiger partial charge in [0.2, 0.25) is 0 Å². The highest BCUT2D eigenvalue weighted by atomic mass is 16.6. The molecule has 0 aliphatic carbocycles. The summed E-state index contributed by atoms with van der Waals surface area (Å²) in [5.74, 6) is 0.805. The number of carbonyl (C=O) groups excluding carboxylic acids is 1. The van der Waals surface area contributed by atoms with E-state index < -0.39 is 0 Å². The number of methoxy groups -OCH3 is 1. The highest BCUT2D eigenvalue weighted by Gasteiger charge is 2.23. The van der Waals surface area contributed by atoms with Crippen molar-refractivity contribution in [2.75, 3.05) is 13.7 Å². The van der Waals surface area contributed by atoms with Crippen LogP contribution in [0.3, 0.4) is 0 Å². The summed E-state index contributed by atoms with van der Waals surface area (Å²) >= 11 is 0. The third-order valence-electron chi connectivity index (χ3n) is 2.19. The van der Waals surface area contributed by atoms with Crippen LogP contribution in [-0.4, -0.2) is 19.8 Å². The Balaban J connectivity index is 2.13.